The first-order chi connectivity index (χ1) is 15.0. The van der Waals surface area contributed by atoms with Crippen molar-refractivity contribution >= 4 is 37.5 Å². The fourth-order valence-electron chi connectivity index (χ4n) is 3.90. The number of para-hydroxylation sites is 1. The molecule has 2 aromatic carbocycles. The van der Waals surface area contributed by atoms with Gasteiger partial charge in [-0.05, 0) is 55.7 Å². The molecular weight excluding hydrogens is 430 g/mol. The van der Waals surface area contributed by atoms with Gasteiger partial charge in [-0.25, -0.2) is 8.42 Å². The molecule has 1 aromatic heterocycles. The molecule has 1 aliphatic rings. The summed E-state index contributed by atoms with van der Waals surface area (Å²) in [4.78, 5) is 18.1. The number of aromatic nitrogens is 1. The molecule has 0 atom stereocenters. The molecule has 0 radical (unpaired) electrons. The van der Waals surface area contributed by atoms with Crippen LogP contribution in [0.5, 0.6) is 0 Å². The minimum absolute atomic E-state index is 0.230. The molecule has 1 fully saturated rings. The van der Waals surface area contributed by atoms with Gasteiger partial charge in [0.2, 0.25) is 10.0 Å². The normalized spacial score (nSPS) is 16.5. The fraction of sp³-hybridized carbons (Fsp3) is 0.391. The van der Waals surface area contributed by atoms with Crippen molar-refractivity contribution in [3.63, 3.8) is 0 Å². The second kappa shape index (κ2) is 9.46. The van der Waals surface area contributed by atoms with Crippen molar-refractivity contribution in [1.29, 1.82) is 0 Å². The van der Waals surface area contributed by atoms with Gasteiger partial charge in [-0.15, -0.1) is 0 Å². The average Bonchev–Trinajstić information content (AvgIpc) is 2.95. The number of aryl methyl sites for hydroxylation is 1. The van der Waals surface area contributed by atoms with E-state index >= 15 is 0 Å². The second-order valence-corrected chi connectivity index (χ2v) is 10.7. The number of fused-ring (bicyclic) bond motifs is 1. The predicted molar refractivity (Wildman–Crippen MR) is 124 cm³/mol. The van der Waals surface area contributed by atoms with E-state index in [9.17, 15) is 13.2 Å². The molecule has 1 amide bonds. The number of hydrogen-bond acceptors (Lipinski definition) is 4. The van der Waals surface area contributed by atoms with Gasteiger partial charge in [0.1, 0.15) is 0 Å². The highest BCUT2D eigenvalue weighted by molar-refractivity contribution is 7.89. The van der Waals surface area contributed by atoms with Gasteiger partial charge in [-0.3, -0.25) is 4.79 Å². The van der Waals surface area contributed by atoms with E-state index in [0.29, 0.717) is 23.5 Å². The van der Waals surface area contributed by atoms with Crippen LogP contribution in [-0.4, -0.2) is 36.3 Å². The summed E-state index contributed by atoms with van der Waals surface area (Å²) < 4.78 is 30.6. The van der Waals surface area contributed by atoms with Crippen LogP contribution in [0.25, 0.3) is 10.2 Å². The number of nitrogens with zero attached hydrogens (tertiary/aromatic N) is 3. The Morgan fingerprint density at radius 1 is 1.00 bits per heavy atom. The highest BCUT2D eigenvalue weighted by atomic mass is 32.2. The Balaban J connectivity index is 1.62. The van der Waals surface area contributed by atoms with Gasteiger partial charge in [0, 0.05) is 25.2 Å². The van der Waals surface area contributed by atoms with E-state index in [1.165, 1.54) is 23.5 Å². The maximum absolute atomic E-state index is 12.9. The number of carbonyl (C=O) groups excluding carboxylic acids is 1. The first-order valence-electron chi connectivity index (χ1n) is 10.8. The van der Waals surface area contributed by atoms with Gasteiger partial charge >= 0.3 is 0 Å². The Morgan fingerprint density at radius 2 is 1.68 bits per heavy atom. The molecule has 0 spiro atoms. The van der Waals surface area contributed by atoms with E-state index in [2.05, 4.69) is 16.5 Å². The van der Waals surface area contributed by atoms with Crippen molar-refractivity contribution in [3.05, 3.63) is 58.9 Å². The van der Waals surface area contributed by atoms with Crippen molar-refractivity contribution in [3.8, 4) is 0 Å². The number of thiazole rings is 1. The minimum Gasteiger partial charge on any atom is -0.316 e. The van der Waals surface area contributed by atoms with Gasteiger partial charge in [-0.2, -0.15) is 9.30 Å². The van der Waals surface area contributed by atoms with Crippen molar-refractivity contribution in [2.45, 2.75) is 50.5 Å². The summed E-state index contributed by atoms with van der Waals surface area (Å²) in [7, 11) is -3.53. The number of sulfonamides is 1. The minimum atomic E-state index is -3.53. The quantitative estimate of drug-likeness (QED) is 0.569. The summed E-state index contributed by atoms with van der Waals surface area (Å²) >= 11 is 1.49. The van der Waals surface area contributed by atoms with Crippen molar-refractivity contribution in [1.82, 2.24) is 8.87 Å². The van der Waals surface area contributed by atoms with Gasteiger partial charge in [0.25, 0.3) is 5.91 Å². The van der Waals surface area contributed by atoms with E-state index in [4.69, 9.17) is 0 Å². The zero-order valence-corrected chi connectivity index (χ0v) is 19.3. The summed E-state index contributed by atoms with van der Waals surface area (Å²) in [6, 6.07) is 14.2. The summed E-state index contributed by atoms with van der Waals surface area (Å²) in [5, 5.41) is 0. The molecule has 0 N–H and O–H groups in total. The lowest BCUT2D eigenvalue weighted by molar-refractivity contribution is 0.0997. The van der Waals surface area contributed by atoms with Gasteiger partial charge in [0.15, 0.2) is 4.80 Å². The van der Waals surface area contributed by atoms with E-state index in [0.717, 1.165) is 48.9 Å². The summed E-state index contributed by atoms with van der Waals surface area (Å²) in [5.41, 5.74) is 1.45. The van der Waals surface area contributed by atoms with Gasteiger partial charge in [0.05, 0.1) is 15.1 Å². The van der Waals surface area contributed by atoms with Crippen LogP contribution in [0.3, 0.4) is 0 Å². The predicted octanol–water partition coefficient (Wildman–Crippen LogP) is 4.42. The van der Waals surface area contributed by atoms with Crippen LogP contribution in [0, 0.1) is 0 Å². The van der Waals surface area contributed by atoms with E-state index in [-0.39, 0.29) is 10.8 Å². The number of carbonyl (C=O) groups is 1. The third-order valence-electron chi connectivity index (χ3n) is 5.54. The monoisotopic (exact) mass is 457 g/mol. The van der Waals surface area contributed by atoms with E-state index in [1.54, 1.807) is 16.4 Å². The first-order valence-corrected chi connectivity index (χ1v) is 13.0. The SMILES string of the molecule is CCCn1c(=NC(=O)c2ccc(S(=O)(=O)N3CCCCCC3)cc2)sc2ccccc21. The molecule has 0 saturated carbocycles. The summed E-state index contributed by atoms with van der Waals surface area (Å²) in [5.74, 6) is -0.366. The zero-order chi connectivity index (χ0) is 21.8. The zero-order valence-electron chi connectivity index (χ0n) is 17.7. The second-order valence-electron chi connectivity index (χ2n) is 7.76. The molecule has 1 aliphatic heterocycles. The Bertz CT molecular complexity index is 1230. The van der Waals surface area contributed by atoms with E-state index in [1.807, 2.05) is 24.3 Å². The van der Waals surface area contributed by atoms with Crippen LogP contribution in [0.1, 0.15) is 49.4 Å². The third kappa shape index (κ3) is 4.66. The van der Waals surface area contributed by atoms with Gasteiger partial charge in [-0.1, -0.05) is 43.2 Å². The number of amides is 1. The Labute approximate surface area is 186 Å². The van der Waals surface area contributed by atoms with Crippen LogP contribution in [0.2, 0.25) is 0 Å². The largest absolute Gasteiger partial charge is 0.316 e. The Kier molecular flexibility index (Phi) is 6.69. The maximum atomic E-state index is 12.9. The van der Waals surface area contributed by atoms with Crippen molar-refractivity contribution in [2.24, 2.45) is 4.99 Å². The number of benzene rings is 2. The molecule has 31 heavy (non-hydrogen) atoms. The van der Waals surface area contributed by atoms with Crippen LogP contribution in [0.4, 0.5) is 0 Å². The van der Waals surface area contributed by atoms with Crippen molar-refractivity contribution in [2.75, 3.05) is 13.1 Å². The topological polar surface area (TPSA) is 71.7 Å². The fourth-order valence-corrected chi connectivity index (χ4v) is 6.47. The molecule has 164 valence electrons. The van der Waals surface area contributed by atoms with Crippen molar-refractivity contribution < 1.29 is 13.2 Å². The average molecular weight is 458 g/mol. The highest BCUT2D eigenvalue weighted by Gasteiger charge is 2.25. The molecule has 6 nitrogen and oxygen atoms in total. The lowest BCUT2D eigenvalue weighted by Gasteiger charge is -2.19. The van der Waals surface area contributed by atoms with Crippen LogP contribution < -0.4 is 4.80 Å². The number of rotatable bonds is 5. The summed E-state index contributed by atoms with van der Waals surface area (Å²) in [6.45, 7) is 3.99. The highest BCUT2D eigenvalue weighted by Crippen LogP contribution is 2.21. The van der Waals surface area contributed by atoms with Gasteiger partial charge < -0.3 is 4.57 Å². The standard InChI is InChI=1S/C23H27N3O3S2/c1-2-15-26-20-9-5-6-10-21(20)30-23(26)24-22(27)18-11-13-19(14-12-18)31(28,29)25-16-7-3-4-8-17-25/h5-6,9-14H,2-4,7-8,15-17H2,1H3. The third-order valence-corrected chi connectivity index (χ3v) is 8.51. The summed E-state index contributed by atoms with van der Waals surface area (Å²) in [6.07, 6.45) is 4.85. The Hall–Kier alpha value is -2.29. The van der Waals surface area contributed by atoms with Crippen LogP contribution in [-0.2, 0) is 16.6 Å². The maximum Gasteiger partial charge on any atom is 0.279 e. The molecule has 0 aliphatic carbocycles. The first kappa shape index (κ1) is 21.9. The molecule has 3 aromatic rings. The molecule has 0 bridgehead atoms. The van der Waals surface area contributed by atoms with Crippen LogP contribution >= 0.6 is 11.3 Å². The smallest absolute Gasteiger partial charge is 0.279 e. The lowest BCUT2D eigenvalue weighted by Crippen LogP contribution is -2.31. The molecule has 0 unspecified atom stereocenters. The number of hydrogen-bond donors (Lipinski definition) is 0. The molecule has 4 rings (SSSR count). The molecular formula is C23H27N3O3S2. The molecule has 8 heteroatoms. The van der Waals surface area contributed by atoms with Crippen LogP contribution in [0.15, 0.2) is 58.4 Å². The Morgan fingerprint density at radius 3 is 2.35 bits per heavy atom. The molecule has 1 saturated heterocycles. The lowest BCUT2D eigenvalue weighted by atomic mass is 10.2. The molecule has 2 heterocycles. The van der Waals surface area contributed by atoms with E-state index < -0.39 is 10.0 Å².